The number of benzene rings is 2. The van der Waals surface area contributed by atoms with E-state index in [4.69, 9.17) is 19.9 Å². The molecule has 1 aliphatic heterocycles. The number of aryl methyl sites for hydroxylation is 1. The number of hydrogen-bond donors (Lipinski definition) is 1. The van der Waals surface area contributed by atoms with Gasteiger partial charge < -0.3 is 24.8 Å². The number of anilines is 2. The monoisotopic (exact) mass is 609 g/mol. The second kappa shape index (κ2) is 12.0. The number of para-hydroxylation sites is 1. The number of rotatable bonds is 9. The summed E-state index contributed by atoms with van der Waals surface area (Å²) in [4.78, 5) is 19.8. The zero-order valence-electron chi connectivity index (χ0n) is 23.5. The Kier molecular flexibility index (Phi) is 7.95. The summed E-state index contributed by atoms with van der Waals surface area (Å²) in [6.07, 6.45) is 2.11. The van der Waals surface area contributed by atoms with E-state index in [2.05, 4.69) is 10.1 Å². The summed E-state index contributed by atoms with van der Waals surface area (Å²) in [5.74, 6) is -2.31. The van der Waals surface area contributed by atoms with Gasteiger partial charge in [0.1, 0.15) is 18.2 Å². The number of carbonyl (C=O) groups is 1. The lowest BCUT2D eigenvalue weighted by Gasteiger charge is -2.30. The maximum Gasteiger partial charge on any atom is 0.272 e. The third-order valence-corrected chi connectivity index (χ3v) is 7.40. The molecule has 4 aromatic rings. The number of alkyl halides is 2. The van der Waals surface area contributed by atoms with Crippen LogP contribution in [0.15, 0.2) is 54.4 Å². The van der Waals surface area contributed by atoms with E-state index in [-0.39, 0.29) is 23.0 Å². The van der Waals surface area contributed by atoms with Crippen LogP contribution in [0.1, 0.15) is 27.0 Å². The quantitative estimate of drug-likeness (QED) is 0.195. The van der Waals surface area contributed by atoms with Crippen molar-refractivity contribution in [2.45, 2.75) is 19.8 Å². The van der Waals surface area contributed by atoms with Crippen LogP contribution in [0.5, 0.6) is 17.4 Å². The fourth-order valence-corrected chi connectivity index (χ4v) is 5.21. The SMILES string of the molecule is Cc1cc(Oc2c(F)cccc2F)ncc1-n1ncc(C(=O)C2=Cc3cc(OCC(F)F)c(N4CCOCC4)cc3C2)c1N. The Balaban J connectivity index is 1.24. The molecule has 1 fully saturated rings. The largest absolute Gasteiger partial charge is 0.485 e. The number of hydrogen-bond acceptors (Lipinski definition) is 8. The zero-order chi connectivity index (χ0) is 31.0. The van der Waals surface area contributed by atoms with Crippen LogP contribution < -0.4 is 20.1 Å². The maximum absolute atomic E-state index is 14.0. The number of nitrogens with two attached hydrogens (primary N) is 1. The predicted molar refractivity (Wildman–Crippen MR) is 154 cm³/mol. The topological polar surface area (TPSA) is 105 Å². The van der Waals surface area contributed by atoms with Gasteiger partial charge in [-0.1, -0.05) is 6.07 Å². The summed E-state index contributed by atoms with van der Waals surface area (Å²) >= 11 is 0. The molecule has 0 spiro atoms. The number of morpholine rings is 1. The molecule has 9 nitrogen and oxygen atoms in total. The number of nitrogen functional groups attached to an aromatic ring is 1. The molecular formula is C31H27F4N5O4. The van der Waals surface area contributed by atoms with Gasteiger partial charge in [0.25, 0.3) is 6.43 Å². The van der Waals surface area contributed by atoms with Crippen molar-refractivity contribution in [1.29, 1.82) is 0 Å². The van der Waals surface area contributed by atoms with Gasteiger partial charge >= 0.3 is 0 Å². The van der Waals surface area contributed by atoms with E-state index in [1.165, 1.54) is 29.2 Å². The second-order valence-electron chi connectivity index (χ2n) is 10.3. The number of ketones is 1. The summed E-state index contributed by atoms with van der Waals surface area (Å²) in [5, 5.41) is 4.29. The van der Waals surface area contributed by atoms with Gasteiger partial charge in [-0.2, -0.15) is 5.10 Å². The Morgan fingerprint density at radius 1 is 1.09 bits per heavy atom. The number of carbonyl (C=O) groups excluding carboxylic acids is 1. The molecule has 3 heterocycles. The Labute approximate surface area is 249 Å². The second-order valence-corrected chi connectivity index (χ2v) is 10.3. The third kappa shape index (κ3) is 5.70. The van der Waals surface area contributed by atoms with Crippen molar-refractivity contribution < 1.29 is 36.6 Å². The van der Waals surface area contributed by atoms with Gasteiger partial charge in [0.05, 0.1) is 42.5 Å². The summed E-state index contributed by atoms with van der Waals surface area (Å²) < 4.78 is 71.5. The Morgan fingerprint density at radius 2 is 1.84 bits per heavy atom. The highest BCUT2D eigenvalue weighted by atomic mass is 19.3. The Hall–Kier alpha value is -4.91. The molecule has 44 heavy (non-hydrogen) atoms. The lowest BCUT2D eigenvalue weighted by molar-refractivity contribution is 0.0816. The summed E-state index contributed by atoms with van der Waals surface area (Å²) in [6.45, 7) is 3.14. The van der Waals surface area contributed by atoms with Crippen molar-refractivity contribution in [3.05, 3.63) is 88.3 Å². The van der Waals surface area contributed by atoms with Gasteiger partial charge in [-0.05, 0) is 54.0 Å². The Bertz CT molecular complexity index is 1750. The molecule has 2 N–H and O–H groups in total. The minimum atomic E-state index is -2.63. The van der Waals surface area contributed by atoms with Gasteiger partial charge in [0.2, 0.25) is 11.6 Å². The zero-order valence-corrected chi connectivity index (χ0v) is 23.5. The fourth-order valence-electron chi connectivity index (χ4n) is 5.21. The molecule has 6 rings (SSSR count). The highest BCUT2D eigenvalue weighted by molar-refractivity contribution is 6.15. The number of Topliss-reactive ketones (excluding diaryl/α,β-unsaturated/α-hetero) is 1. The minimum absolute atomic E-state index is 0.0421. The van der Waals surface area contributed by atoms with Crippen molar-refractivity contribution >= 4 is 23.4 Å². The first-order valence-electron chi connectivity index (χ1n) is 13.8. The maximum atomic E-state index is 14.0. The fraction of sp³-hybridized carbons (Fsp3) is 0.258. The van der Waals surface area contributed by atoms with Crippen molar-refractivity contribution in [3.8, 4) is 23.1 Å². The third-order valence-electron chi connectivity index (χ3n) is 7.40. The van der Waals surface area contributed by atoms with Crippen LogP contribution in [0.25, 0.3) is 11.8 Å². The van der Waals surface area contributed by atoms with Gasteiger partial charge in [0, 0.05) is 31.1 Å². The number of nitrogens with zero attached hydrogens (tertiary/aromatic N) is 4. The van der Waals surface area contributed by atoms with Crippen molar-refractivity contribution in [1.82, 2.24) is 14.8 Å². The van der Waals surface area contributed by atoms with Crippen molar-refractivity contribution in [2.75, 3.05) is 43.5 Å². The van der Waals surface area contributed by atoms with Gasteiger partial charge in [-0.15, -0.1) is 0 Å². The summed E-state index contributed by atoms with van der Waals surface area (Å²) in [7, 11) is 0. The van der Waals surface area contributed by atoms with Crippen LogP contribution in [0.2, 0.25) is 0 Å². The molecular weight excluding hydrogens is 582 g/mol. The van der Waals surface area contributed by atoms with Crippen LogP contribution in [-0.2, 0) is 11.2 Å². The van der Waals surface area contributed by atoms with Crippen LogP contribution in [-0.4, -0.2) is 59.9 Å². The van der Waals surface area contributed by atoms with E-state index in [0.717, 1.165) is 17.7 Å². The highest BCUT2D eigenvalue weighted by Crippen LogP contribution is 2.39. The average molecular weight is 610 g/mol. The predicted octanol–water partition coefficient (Wildman–Crippen LogP) is 5.53. The molecule has 0 bridgehead atoms. The van der Waals surface area contributed by atoms with Crippen LogP contribution in [0, 0.1) is 18.6 Å². The lowest BCUT2D eigenvalue weighted by Crippen LogP contribution is -2.36. The highest BCUT2D eigenvalue weighted by Gasteiger charge is 2.27. The van der Waals surface area contributed by atoms with Crippen LogP contribution >= 0.6 is 0 Å². The molecule has 1 aliphatic carbocycles. The first kappa shape index (κ1) is 29.2. The van der Waals surface area contributed by atoms with E-state index in [1.54, 1.807) is 19.1 Å². The number of aromatic nitrogens is 3. The van der Waals surface area contributed by atoms with Crippen LogP contribution in [0.3, 0.4) is 0 Å². The normalized spacial score (nSPS) is 14.5. The molecule has 0 saturated carbocycles. The lowest BCUT2D eigenvalue weighted by atomic mass is 10.0. The molecule has 0 amide bonds. The van der Waals surface area contributed by atoms with Gasteiger partial charge in [-0.3, -0.25) is 4.79 Å². The summed E-state index contributed by atoms with van der Waals surface area (Å²) in [6, 6.07) is 8.40. The number of allylic oxidation sites excluding steroid dienone is 1. The van der Waals surface area contributed by atoms with E-state index < -0.39 is 30.4 Å². The van der Waals surface area contributed by atoms with Crippen LogP contribution in [0.4, 0.5) is 29.1 Å². The first-order chi connectivity index (χ1) is 21.2. The Morgan fingerprint density at radius 3 is 2.55 bits per heavy atom. The minimum Gasteiger partial charge on any atom is -0.485 e. The molecule has 1 saturated heterocycles. The number of pyridine rings is 1. The average Bonchev–Trinajstić information content (AvgIpc) is 3.60. The van der Waals surface area contributed by atoms with Crippen molar-refractivity contribution in [3.63, 3.8) is 0 Å². The number of ether oxygens (including phenoxy) is 3. The molecule has 228 valence electrons. The smallest absolute Gasteiger partial charge is 0.272 e. The standard InChI is InChI=1S/C31H27F4N5O4/c1-17-9-28(44-30-22(32)3-2-4-23(30)33)37-15-25(17)40-31(36)21(14-38-40)29(41)20-10-18-12-24(39-5-7-42-8-6-39)26(13-19(18)11-20)43-16-27(34)35/h2-4,9,11-15,27H,5-8,10,16,36H2,1H3. The van der Waals surface area contributed by atoms with E-state index in [1.807, 2.05) is 11.0 Å². The van der Waals surface area contributed by atoms with E-state index in [9.17, 15) is 22.4 Å². The molecule has 0 atom stereocenters. The number of fused-ring (bicyclic) bond motifs is 1. The molecule has 2 aliphatic rings. The van der Waals surface area contributed by atoms with E-state index >= 15 is 0 Å². The molecule has 13 heteroatoms. The first-order valence-corrected chi connectivity index (χ1v) is 13.8. The van der Waals surface area contributed by atoms with Gasteiger partial charge in [0.15, 0.2) is 17.4 Å². The molecule has 0 unspecified atom stereocenters. The van der Waals surface area contributed by atoms with E-state index in [0.29, 0.717) is 66.5 Å². The van der Waals surface area contributed by atoms with Crippen molar-refractivity contribution in [2.24, 2.45) is 0 Å². The molecule has 2 aromatic heterocycles. The van der Waals surface area contributed by atoms with Gasteiger partial charge in [-0.25, -0.2) is 27.2 Å². The summed E-state index contributed by atoms with van der Waals surface area (Å²) in [5.41, 5.74) is 10.2. The number of halogens is 4. The molecule has 2 aromatic carbocycles. The molecule has 0 radical (unpaired) electrons.